The maximum absolute atomic E-state index is 12.5. The molecule has 4 rings (SSSR count). The van der Waals surface area contributed by atoms with Crippen LogP contribution in [-0.4, -0.2) is 56.7 Å². The van der Waals surface area contributed by atoms with Gasteiger partial charge in [0.25, 0.3) is 5.56 Å². The van der Waals surface area contributed by atoms with Crippen LogP contribution >= 0.6 is 0 Å². The van der Waals surface area contributed by atoms with Crippen LogP contribution in [-0.2, 0) is 11.3 Å². The highest BCUT2D eigenvalue weighted by molar-refractivity contribution is 5.76. The zero-order chi connectivity index (χ0) is 20.9. The fourth-order valence-corrected chi connectivity index (χ4v) is 3.27. The van der Waals surface area contributed by atoms with Gasteiger partial charge < -0.3 is 14.5 Å². The number of amides is 1. The normalized spacial score (nSPS) is 13.9. The first kappa shape index (κ1) is 19.6. The number of piperazine rings is 1. The average Bonchev–Trinajstić information content (AvgIpc) is 2.76. The van der Waals surface area contributed by atoms with E-state index < -0.39 is 0 Å². The summed E-state index contributed by atoms with van der Waals surface area (Å²) in [7, 11) is 0. The minimum atomic E-state index is -0.285. The molecule has 0 unspecified atom stereocenters. The topological polar surface area (TPSA) is 93.5 Å². The molecule has 1 aromatic carbocycles. The second-order valence-electron chi connectivity index (χ2n) is 6.91. The molecule has 9 nitrogen and oxygen atoms in total. The van der Waals surface area contributed by atoms with E-state index >= 15 is 0 Å². The van der Waals surface area contributed by atoms with E-state index in [0.717, 1.165) is 5.82 Å². The molecular formula is C21H22N6O3. The lowest BCUT2D eigenvalue weighted by Crippen LogP contribution is -2.50. The number of rotatable bonds is 5. The van der Waals surface area contributed by atoms with Crippen LogP contribution in [0.1, 0.15) is 5.82 Å². The van der Waals surface area contributed by atoms with Gasteiger partial charge in [0, 0.05) is 44.5 Å². The molecular weight excluding hydrogens is 384 g/mol. The monoisotopic (exact) mass is 406 g/mol. The van der Waals surface area contributed by atoms with E-state index in [1.165, 1.54) is 16.9 Å². The number of ether oxygens (including phenoxy) is 1. The molecule has 1 saturated heterocycles. The van der Waals surface area contributed by atoms with Gasteiger partial charge >= 0.3 is 0 Å². The summed E-state index contributed by atoms with van der Waals surface area (Å²) >= 11 is 0. The molecule has 0 N–H and O–H groups in total. The molecule has 0 atom stereocenters. The number of aryl methyl sites for hydroxylation is 1. The molecule has 3 aromatic rings. The second kappa shape index (κ2) is 8.73. The molecule has 0 saturated carbocycles. The van der Waals surface area contributed by atoms with Gasteiger partial charge in [-0.3, -0.25) is 9.59 Å². The Hall–Kier alpha value is -3.75. The molecule has 9 heteroatoms. The van der Waals surface area contributed by atoms with Gasteiger partial charge in [0.15, 0.2) is 0 Å². The summed E-state index contributed by atoms with van der Waals surface area (Å²) in [5, 5.41) is 3.94. The zero-order valence-corrected chi connectivity index (χ0v) is 16.6. The number of para-hydroxylation sites is 1. The number of nitrogens with zero attached hydrogens (tertiary/aromatic N) is 6. The minimum absolute atomic E-state index is 0.0542. The summed E-state index contributed by atoms with van der Waals surface area (Å²) in [6, 6.07) is 14.2. The SMILES string of the molecule is Cc1nc(Oc2ccccc2)cc(N2CCN(C(=O)Cn3ncccc3=O)CC2)n1. The third-order valence-electron chi connectivity index (χ3n) is 4.79. The highest BCUT2D eigenvalue weighted by Gasteiger charge is 2.23. The first-order chi connectivity index (χ1) is 14.6. The number of hydrogen-bond acceptors (Lipinski definition) is 7. The number of hydrogen-bond donors (Lipinski definition) is 0. The third kappa shape index (κ3) is 4.62. The van der Waals surface area contributed by atoms with Crippen molar-refractivity contribution in [2.45, 2.75) is 13.5 Å². The average molecular weight is 406 g/mol. The number of carbonyl (C=O) groups is 1. The molecule has 0 radical (unpaired) electrons. The lowest BCUT2D eigenvalue weighted by atomic mass is 10.3. The Kier molecular flexibility index (Phi) is 5.69. The van der Waals surface area contributed by atoms with Crippen LogP contribution in [0.25, 0.3) is 0 Å². The highest BCUT2D eigenvalue weighted by atomic mass is 16.5. The summed E-state index contributed by atoms with van der Waals surface area (Å²) < 4.78 is 7.02. The largest absolute Gasteiger partial charge is 0.439 e. The van der Waals surface area contributed by atoms with Crippen molar-refractivity contribution < 1.29 is 9.53 Å². The molecule has 0 spiro atoms. The third-order valence-corrected chi connectivity index (χ3v) is 4.79. The van der Waals surface area contributed by atoms with Gasteiger partial charge in [-0.25, -0.2) is 9.67 Å². The minimum Gasteiger partial charge on any atom is -0.439 e. The van der Waals surface area contributed by atoms with Crippen LogP contribution in [0.4, 0.5) is 5.82 Å². The van der Waals surface area contributed by atoms with E-state index in [1.54, 1.807) is 11.0 Å². The summed E-state index contributed by atoms with van der Waals surface area (Å²) in [5.41, 5.74) is -0.285. The summed E-state index contributed by atoms with van der Waals surface area (Å²) in [4.78, 5) is 37.0. The van der Waals surface area contributed by atoms with E-state index in [9.17, 15) is 9.59 Å². The van der Waals surface area contributed by atoms with Crippen molar-refractivity contribution in [2.75, 3.05) is 31.1 Å². The van der Waals surface area contributed by atoms with Crippen molar-refractivity contribution in [1.82, 2.24) is 24.6 Å². The van der Waals surface area contributed by atoms with E-state index in [2.05, 4.69) is 20.0 Å². The van der Waals surface area contributed by atoms with Gasteiger partial charge in [-0.15, -0.1) is 0 Å². The molecule has 1 amide bonds. The summed E-state index contributed by atoms with van der Waals surface area (Å²) in [6.45, 7) is 4.11. The van der Waals surface area contributed by atoms with E-state index in [1.807, 2.05) is 43.3 Å². The van der Waals surface area contributed by atoms with Crippen molar-refractivity contribution in [3.8, 4) is 11.6 Å². The predicted molar refractivity (Wildman–Crippen MR) is 111 cm³/mol. The van der Waals surface area contributed by atoms with Gasteiger partial charge in [0.2, 0.25) is 11.8 Å². The first-order valence-electron chi connectivity index (χ1n) is 9.72. The lowest BCUT2D eigenvalue weighted by Gasteiger charge is -2.35. The smallest absolute Gasteiger partial charge is 0.267 e. The van der Waals surface area contributed by atoms with Crippen molar-refractivity contribution in [3.63, 3.8) is 0 Å². The van der Waals surface area contributed by atoms with Gasteiger partial charge in [-0.1, -0.05) is 18.2 Å². The fourth-order valence-electron chi connectivity index (χ4n) is 3.27. The van der Waals surface area contributed by atoms with Gasteiger partial charge in [0.05, 0.1) is 0 Å². The number of benzene rings is 1. The Labute approximate surface area is 173 Å². The van der Waals surface area contributed by atoms with Crippen LogP contribution < -0.4 is 15.2 Å². The summed E-state index contributed by atoms with van der Waals surface area (Å²) in [5.74, 6) is 2.45. The Balaban J connectivity index is 1.39. The number of anilines is 1. The quantitative estimate of drug-likeness (QED) is 0.634. The molecule has 154 valence electrons. The molecule has 2 aromatic heterocycles. The predicted octanol–water partition coefficient (Wildman–Crippen LogP) is 1.48. The zero-order valence-electron chi connectivity index (χ0n) is 16.6. The Morgan fingerprint density at radius 2 is 1.80 bits per heavy atom. The molecule has 1 fully saturated rings. The Bertz CT molecular complexity index is 1080. The molecule has 0 aliphatic carbocycles. The number of aromatic nitrogens is 4. The first-order valence-corrected chi connectivity index (χ1v) is 9.72. The summed E-state index contributed by atoms with van der Waals surface area (Å²) in [6.07, 6.45) is 1.50. The lowest BCUT2D eigenvalue weighted by molar-refractivity contribution is -0.132. The highest BCUT2D eigenvalue weighted by Crippen LogP contribution is 2.23. The Morgan fingerprint density at radius 1 is 1.03 bits per heavy atom. The van der Waals surface area contributed by atoms with Crippen molar-refractivity contribution in [1.29, 1.82) is 0 Å². The van der Waals surface area contributed by atoms with Crippen LogP contribution in [0, 0.1) is 6.92 Å². The van der Waals surface area contributed by atoms with Crippen molar-refractivity contribution in [2.24, 2.45) is 0 Å². The molecule has 3 heterocycles. The van der Waals surface area contributed by atoms with Crippen LogP contribution in [0.5, 0.6) is 11.6 Å². The van der Waals surface area contributed by atoms with Crippen LogP contribution in [0.3, 0.4) is 0 Å². The molecule has 0 bridgehead atoms. The second-order valence-corrected chi connectivity index (χ2v) is 6.91. The van der Waals surface area contributed by atoms with Crippen molar-refractivity contribution in [3.05, 3.63) is 70.9 Å². The van der Waals surface area contributed by atoms with E-state index in [0.29, 0.717) is 43.6 Å². The molecule has 1 aliphatic rings. The van der Waals surface area contributed by atoms with Gasteiger partial charge in [-0.05, 0) is 25.1 Å². The van der Waals surface area contributed by atoms with Crippen LogP contribution in [0.2, 0.25) is 0 Å². The fraction of sp³-hybridized carbons (Fsp3) is 0.286. The standard InChI is InChI=1S/C21H22N6O3/c1-16-23-18(14-19(24-16)30-17-6-3-2-4-7-17)25-10-12-26(13-11-25)21(29)15-27-20(28)8-5-9-22-27/h2-9,14H,10-13,15H2,1H3. The van der Waals surface area contributed by atoms with E-state index in [4.69, 9.17) is 4.74 Å². The maximum Gasteiger partial charge on any atom is 0.267 e. The van der Waals surface area contributed by atoms with Gasteiger partial charge in [-0.2, -0.15) is 10.1 Å². The van der Waals surface area contributed by atoms with Crippen molar-refractivity contribution >= 4 is 11.7 Å². The Morgan fingerprint density at radius 3 is 2.53 bits per heavy atom. The van der Waals surface area contributed by atoms with E-state index in [-0.39, 0.29) is 18.0 Å². The molecule has 30 heavy (non-hydrogen) atoms. The number of carbonyl (C=O) groups excluding carboxylic acids is 1. The maximum atomic E-state index is 12.5. The molecule has 1 aliphatic heterocycles. The van der Waals surface area contributed by atoms with Gasteiger partial charge in [0.1, 0.15) is 23.9 Å². The van der Waals surface area contributed by atoms with Crippen LogP contribution in [0.15, 0.2) is 59.5 Å².